The highest BCUT2D eigenvalue weighted by Gasteiger charge is 2.24. The number of carbonyl (C=O) groups excluding carboxylic acids is 1. The van der Waals surface area contributed by atoms with Crippen LogP contribution in [-0.2, 0) is 0 Å². The van der Waals surface area contributed by atoms with Gasteiger partial charge >= 0.3 is 0 Å². The zero-order chi connectivity index (χ0) is 16.2. The van der Waals surface area contributed by atoms with E-state index < -0.39 is 0 Å². The highest BCUT2D eigenvalue weighted by molar-refractivity contribution is 6.09. The number of hydrogen-bond donors (Lipinski definition) is 2. The number of aliphatic hydroxyl groups excluding tert-OH is 1. The summed E-state index contributed by atoms with van der Waals surface area (Å²) in [4.78, 5) is 12.9. The molecule has 4 heteroatoms. The van der Waals surface area contributed by atoms with Crippen LogP contribution in [0.2, 0.25) is 0 Å². The number of rotatable bonds is 4. The molecular formula is C19H23NO3. The second-order valence-corrected chi connectivity index (χ2v) is 6.08. The number of hydrogen-bond acceptors (Lipinski definition) is 3. The standard InChI is InChI=1S/C19H23NO3/c1-2-23-17-11-10-13-6-3-4-9-16(13)18(17)19(22)20-14-7-5-8-15(21)12-14/h3-4,6,9-11,14-15,21H,2,5,7-8,12H2,1H3,(H,20,22)/t14-,15-/m1/s1. The van der Waals surface area contributed by atoms with Gasteiger partial charge in [0.15, 0.2) is 0 Å². The topological polar surface area (TPSA) is 58.6 Å². The van der Waals surface area contributed by atoms with E-state index in [-0.39, 0.29) is 18.1 Å². The van der Waals surface area contributed by atoms with E-state index in [1.165, 1.54) is 0 Å². The molecule has 0 unspecified atom stereocenters. The minimum atomic E-state index is -0.312. The largest absolute Gasteiger partial charge is 0.493 e. The highest BCUT2D eigenvalue weighted by atomic mass is 16.5. The van der Waals surface area contributed by atoms with Crippen LogP contribution in [-0.4, -0.2) is 29.8 Å². The van der Waals surface area contributed by atoms with Gasteiger partial charge in [0.25, 0.3) is 5.91 Å². The van der Waals surface area contributed by atoms with Crippen LogP contribution in [0, 0.1) is 0 Å². The van der Waals surface area contributed by atoms with Crippen molar-refractivity contribution in [3.8, 4) is 5.75 Å². The molecule has 0 bridgehead atoms. The quantitative estimate of drug-likeness (QED) is 0.911. The fraction of sp³-hybridized carbons (Fsp3) is 0.421. The Hall–Kier alpha value is -2.07. The smallest absolute Gasteiger partial charge is 0.255 e. The first-order valence-electron chi connectivity index (χ1n) is 8.32. The van der Waals surface area contributed by atoms with Crippen LogP contribution in [0.4, 0.5) is 0 Å². The molecule has 0 aromatic heterocycles. The van der Waals surface area contributed by atoms with Crippen LogP contribution in [0.5, 0.6) is 5.75 Å². The van der Waals surface area contributed by atoms with E-state index in [1.54, 1.807) is 0 Å². The van der Waals surface area contributed by atoms with Crippen molar-refractivity contribution in [2.45, 2.75) is 44.8 Å². The minimum absolute atomic E-state index is 0.0275. The molecule has 122 valence electrons. The Kier molecular flexibility index (Phi) is 4.82. The molecule has 0 radical (unpaired) electrons. The van der Waals surface area contributed by atoms with Gasteiger partial charge in [-0.05, 0) is 49.4 Å². The van der Waals surface area contributed by atoms with Crippen molar-refractivity contribution in [1.82, 2.24) is 5.32 Å². The first-order valence-corrected chi connectivity index (χ1v) is 8.32. The van der Waals surface area contributed by atoms with Gasteiger partial charge in [-0.1, -0.05) is 30.3 Å². The summed E-state index contributed by atoms with van der Waals surface area (Å²) < 4.78 is 5.67. The third-order valence-electron chi connectivity index (χ3n) is 4.40. The highest BCUT2D eigenvalue weighted by Crippen LogP contribution is 2.29. The predicted octanol–water partition coefficient (Wildman–Crippen LogP) is 3.27. The Morgan fingerprint density at radius 1 is 1.26 bits per heavy atom. The Balaban J connectivity index is 1.92. The number of nitrogens with one attached hydrogen (secondary N) is 1. The summed E-state index contributed by atoms with van der Waals surface area (Å²) in [5.41, 5.74) is 0.588. The maximum atomic E-state index is 12.9. The molecule has 0 aliphatic heterocycles. The van der Waals surface area contributed by atoms with Crippen molar-refractivity contribution in [2.24, 2.45) is 0 Å². The number of aliphatic hydroxyl groups is 1. The molecule has 4 nitrogen and oxygen atoms in total. The fourth-order valence-corrected chi connectivity index (χ4v) is 3.31. The number of amides is 1. The van der Waals surface area contributed by atoms with E-state index in [0.29, 0.717) is 24.3 Å². The van der Waals surface area contributed by atoms with Crippen LogP contribution in [0.1, 0.15) is 43.0 Å². The molecule has 0 saturated heterocycles. The number of ether oxygens (including phenoxy) is 1. The van der Waals surface area contributed by atoms with Crippen LogP contribution in [0.15, 0.2) is 36.4 Å². The summed E-state index contributed by atoms with van der Waals surface area (Å²) in [7, 11) is 0. The van der Waals surface area contributed by atoms with Crippen molar-refractivity contribution < 1.29 is 14.6 Å². The van der Waals surface area contributed by atoms with Crippen molar-refractivity contribution >= 4 is 16.7 Å². The normalized spacial score (nSPS) is 21.1. The number of benzene rings is 2. The summed E-state index contributed by atoms with van der Waals surface area (Å²) >= 11 is 0. The van der Waals surface area contributed by atoms with Gasteiger partial charge in [0, 0.05) is 6.04 Å². The van der Waals surface area contributed by atoms with Gasteiger partial charge in [-0.3, -0.25) is 4.79 Å². The maximum absolute atomic E-state index is 12.9. The summed E-state index contributed by atoms with van der Waals surface area (Å²) in [6, 6.07) is 11.7. The minimum Gasteiger partial charge on any atom is -0.493 e. The van der Waals surface area contributed by atoms with E-state index in [9.17, 15) is 9.90 Å². The van der Waals surface area contributed by atoms with Gasteiger partial charge in [-0.25, -0.2) is 0 Å². The first kappa shape index (κ1) is 15.8. The molecule has 1 fully saturated rings. The summed E-state index contributed by atoms with van der Waals surface area (Å²) in [6.07, 6.45) is 3.00. The van der Waals surface area contributed by atoms with E-state index in [4.69, 9.17) is 4.74 Å². The van der Waals surface area contributed by atoms with Gasteiger partial charge in [-0.15, -0.1) is 0 Å². The molecule has 1 aliphatic carbocycles. The van der Waals surface area contributed by atoms with Crippen molar-refractivity contribution in [3.05, 3.63) is 42.0 Å². The molecule has 0 spiro atoms. The second kappa shape index (κ2) is 7.01. The second-order valence-electron chi connectivity index (χ2n) is 6.08. The average molecular weight is 313 g/mol. The molecule has 1 amide bonds. The van der Waals surface area contributed by atoms with Gasteiger partial charge in [0.05, 0.1) is 18.3 Å². The molecule has 2 atom stereocenters. The lowest BCUT2D eigenvalue weighted by molar-refractivity contribution is 0.0848. The lowest BCUT2D eigenvalue weighted by atomic mass is 9.92. The molecule has 2 aromatic carbocycles. The van der Waals surface area contributed by atoms with Crippen molar-refractivity contribution in [3.63, 3.8) is 0 Å². The average Bonchev–Trinajstić information content (AvgIpc) is 2.54. The van der Waals surface area contributed by atoms with Gasteiger partial charge in [0.1, 0.15) is 5.75 Å². The molecule has 2 aromatic rings. The monoisotopic (exact) mass is 313 g/mol. The van der Waals surface area contributed by atoms with Crippen LogP contribution >= 0.6 is 0 Å². The molecule has 2 N–H and O–H groups in total. The van der Waals surface area contributed by atoms with Crippen LogP contribution in [0.25, 0.3) is 10.8 Å². The summed E-state index contributed by atoms with van der Waals surface area (Å²) in [5.74, 6) is 0.490. The van der Waals surface area contributed by atoms with E-state index in [2.05, 4.69) is 5.32 Å². The molecular weight excluding hydrogens is 290 g/mol. The fourth-order valence-electron chi connectivity index (χ4n) is 3.31. The van der Waals surface area contributed by atoms with Crippen molar-refractivity contribution in [2.75, 3.05) is 6.61 Å². The Morgan fingerprint density at radius 3 is 2.87 bits per heavy atom. The van der Waals surface area contributed by atoms with E-state index >= 15 is 0 Å². The first-order chi connectivity index (χ1) is 11.2. The van der Waals surface area contributed by atoms with Gasteiger partial charge in [-0.2, -0.15) is 0 Å². The molecule has 0 heterocycles. The number of carbonyl (C=O) groups is 1. The van der Waals surface area contributed by atoms with Crippen LogP contribution < -0.4 is 10.1 Å². The summed E-state index contributed by atoms with van der Waals surface area (Å²) in [6.45, 7) is 2.43. The predicted molar refractivity (Wildman–Crippen MR) is 90.8 cm³/mol. The lowest BCUT2D eigenvalue weighted by Gasteiger charge is -2.27. The SMILES string of the molecule is CCOc1ccc2ccccc2c1C(=O)N[C@@H]1CCC[C@@H](O)C1. The van der Waals surface area contributed by atoms with Crippen molar-refractivity contribution in [1.29, 1.82) is 0 Å². The molecule has 1 saturated carbocycles. The van der Waals surface area contributed by atoms with E-state index in [0.717, 1.165) is 30.0 Å². The molecule has 1 aliphatic rings. The third kappa shape index (κ3) is 3.48. The third-order valence-corrected chi connectivity index (χ3v) is 4.40. The maximum Gasteiger partial charge on any atom is 0.255 e. The zero-order valence-electron chi connectivity index (χ0n) is 13.4. The van der Waals surface area contributed by atoms with Gasteiger partial charge in [0.2, 0.25) is 0 Å². The Morgan fingerprint density at radius 2 is 2.09 bits per heavy atom. The zero-order valence-corrected chi connectivity index (χ0v) is 13.4. The lowest BCUT2D eigenvalue weighted by Crippen LogP contribution is -2.40. The van der Waals surface area contributed by atoms with E-state index in [1.807, 2.05) is 43.3 Å². The molecule has 23 heavy (non-hydrogen) atoms. The van der Waals surface area contributed by atoms with Gasteiger partial charge < -0.3 is 15.2 Å². The molecule has 3 rings (SSSR count). The Bertz CT molecular complexity index is 698. The van der Waals surface area contributed by atoms with Crippen LogP contribution in [0.3, 0.4) is 0 Å². The number of fused-ring (bicyclic) bond motifs is 1. The Labute approximate surface area is 136 Å². The summed E-state index contributed by atoms with van der Waals surface area (Å²) in [5, 5.41) is 14.8.